The van der Waals surface area contributed by atoms with Gasteiger partial charge in [-0.25, -0.2) is 4.79 Å². The van der Waals surface area contributed by atoms with Crippen molar-refractivity contribution in [1.29, 1.82) is 0 Å². The SMILES string of the molecule is COc1cccc(C(=O)OC(C)C(=O)Nc2ccc(NC(C)=O)cc2)c1OC. The first-order valence-electron chi connectivity index (χ1n) is 8.46. The fraction of sp³-hybridized carbons (Fsp3) is 0.250. The van der Waals surface area contributed by atoms with Crippen LogP contribution in [0.2, 0.25) is 0 Å². The van der Waals surface area contributed by atoms with Gasteiger partial charge in [-0.2, -0.15) is 0 Å². The summed E-state index contributed by atoms with van der Waals surface area (Å²) in [7, 11) is 2.87. The third-order valence-corrected chi connectivity index (χ3v) is 3.75. The summed E-state index contributed by atoms with van der Waals surface area (Å²) in [6, 6.07) is 11.3. The maximum Gasteiger partial charge on any atom is 0.342 e. The van der Waals surface area contributed by atoms with Crippen LogP contribution in [0.15, 0.2) is 42.5 Å². The van der Waals surface area contributed by atoms with Crippen LogP contribution in [0.4, 0.5) is 11.4 Å². The fourth-order valence-corrected chi connectivity index (χ4v) is 2.41. The molecule has 2 amide bonds. The molecule has 0 aliphatic heterocycles. The molecule has 1 atom stereocenters. The summed E-state index contributed by atoms with van der Waals surface area (Å²) in [5.41, 5.74) is 1.26. The molecule has 0 aliphatic rings. The van der Waals surface area contributed by atoms with Crippen molar-refractivity contribution >= 4 is 29.2 Å². The molecule has 0 spiro atoms. The zero-order valence-electron chi connectivity index (χ0n) is 16.1. The van der Waals surface area contributed by atoms with Gasteiger partial charge in [0.1, 0.15) is 5.56 Å². The maximum atomic E-state index is 12.4. The Bertz CT molecular complexity index is 863. The first kappa shape index (κ1) is 20.8. The Morgan fingerprint density at radius 3 is 2.04 bits per heavy atom. The molecule has 0 bridgehead atoms. The van der Waals surface area contributed by atoms with E-state index in [-0.39, 0.29) is 17.2 Å². The monoisotopic (exact) mass is 386 g/mol. The van der Waals surface area contributed by atoms with Crippen molar-refractivity contribution in [3.63, 3.8) is 0 Å². The van der Waals surface area contributed by atoms with Crippen LogP contribution in [0.3, 0.4) is 0 Å². The summed E-state index contributed by atoms with van der Waals surface area (Å²) in [5, 5.41) is 5.27. The number of anilines is 2. The van der Waals surface area contributed by atoms with Crippen molar-refractivity contribution in [3.8, 4) is 11.5 Å². The van der Waals surface area contributed by atoms with Crippen LogP contribution in [-0.2, 0) is 14.3 Å². The highest BCUT2D eigenvalue weighted by Gasteiger charge is 2.23. The number of nitrogens with one attached hydrogen (secondary N) is 2. The second-order valence-electron chi connectivity index (χ2n) is 5.84. The third-order valence-electron chi connectivity index (χ3n) is 3.75. The predicted molar refractivity (Wildman–Crippen MR) is 104 cm³/mol. The Morgan fingerprint density at radius 1 is 0.893 bits per heavy atom. The minimum Gasteiger partial charge on any atom is -0.493 e. The van der Waals surface area contributed by atoms with E-state index in [1.165, 1.54) is 34.1 Å². The molecule has 0 fully saturated rings. The van der Waals surface area contributed by atoms with E-state index in [4.69, 9.17) is 14.2 Å². The van der Waals surface area contributed by atoms with Gasteiger partial charge in [-0.05, 0) is 43.3 Å². The first-order valence-corrected chi connectivity index (χ1v) is 8.46. The Kier molecular flexibility index (Phi) is 6.97. The number of methoxy groups -OCH3 is 2. The van der Waals surface area contributed by atoms with Crippen LogP contribution < -0.4 is 20.1 Å². The Hall–Kier alpha value is -3.55. The highest BCUT2D eigenvalue weighted by molar-refractivity contribution is 5.99. The normalized spacial score (nSPS) is 11.1. The molecule has 2 rings (SSSR count). The van der Waals surface area contributed by atoms with E-state index >= 15 is 0 Å². The molecule has 2 N–H and O–H groups in total. The van der Waals surface area contributed by atoms with E-state index in [9.17, 15) is 14.4 Å². The molecule has 0 saturated carbocycles. The van der Waals surface area contributed by atoms with E-state index in [0.29, 0.717) is 17.1 Å². The minimum atomic E-state index is -1.04. The zero-order valence-corrected chi connectivity index (χ0v) is 16.1. The van der Waals surface area contributed by atoms with E-state index in [2.05, 4.69) is 10.6 Å². The Balaban J connectivity index is 2.02. The van der Waals surface area contributed by atoms with Crippen molar-refractivity contribution in [2.45, 2.75) is 20.0 Å². The molecule has 148 valence electrons. The molecule has 0 aliphatic carbocycles. The Morgan fingerprint density at radius 2 is 1.50 bits per heavy atom. The summed E-state index contributed by atoms with van der Waals surface area (Å²) in [6.07, 6.45) is -1.04. The van der Waals surface area contributed by atoms with Gasteiger partial charge in [0.2, 0.25) is 5.91 Å². The number of carbonyl (C=O) groups is 3. The summed E-state index contributed by atoms with van der Waals surface area (Å²) < 4.78 is 15.6. The van der Waals surface area contributed by atoms with Gasteiger partial charge in [-0.3, -0.25) is 9.59 Å². The van der Waals surface area contributed by atoms with Gasteiger partial charge in [-0.15, -0.1) is 0 Å². The van der Waals surface area contributed by atoms with Gasteiger partial charge in [0, 0.05) is 18.3 Å². The first-order chi connectivity index (χ1) is 13.3. The van der Waals surface area contributed by atoms with Gasteiger partial charge in [0.15, 0.2) is 17.6 Å². The highest BCUT2D eigenvalue weighted by Crippen LogP contribution is 2.31. The number of ether oxygens (including phenoxy) is 3. The number of hydrogen-bond donors (Lipinski definition) is 2. The smallest absolute Gasteiger partial charge is 0.342 e. The lowest BCUT2D eigenvalue weighted by molar-refractivity contribution is -0.123. The molecule has 8 nitrogen and oxygen atoms in total. The predicted octanol–water partition coefficient (Wildman–Crippen LogP) is 2.85. The average molecular weight is 386 g/mol. The maximum absolute atomic E-state index is 12.4. The van der Waals surface area contributed by atoms with Gasteiger partial charge >= 0.3 is 5.97 Å². The van der Waals surface area contributed by atoms with Crippen molar-refractivity contribution in [1.82, 2.24) is 0 Å². The largest absolute Gasteiger partial charge is 0.493 e. The summed E-state index contributed by atoms with van der Waals surface area (Å²) in [4.78, 5) is 35.8. The molecule has 2 aromatic carbocycles. The van der Waals surface area contributed by atoms with Gasteiger partial charge in [0.05, 0.1) is 14.2 Å². The number of para-hydroxylation sites is 1. The van der Waals surface area contributed by atoms with Gasteiger partial charge < -0.3 is 24.8 Å². The summed E-state index contributed by atoms with van der Waals surface area (Å²) in [5.74, 6) is -0.781. The molecule has 1 unspecified atom stereocenters. The number of esters is 1. The van der Waals surface area contributed by atoms with E-state index < -0.39 is 18.0 Å². The summed E-state index contributed by atoms with van der Waals surface area (Å²) in [6.45, 7) is 2.87. The van der Waals surface area contributed by atoms with Crippen LogP contribution in [-0.4, -0.2) is 38.1 Å². The standard InChI is InChI=1S/C20H22N2O6/c1-12(19(24)22-15-10-8-14(9-11-15)21-13(2)23)28-20(25)16-6-5-7-17(26-3)18(16)27-4/h5-12H,1-4H3,(H,21,23)(H,22,24). The molecule has 0 heterocycles. The van der Waals surface area contributed by atoms with Crippen LogP contribution in [0.1, 0.15) is 24.2 Å². The fourth-order valence-electron chi connectivity index (χ4n) is 2.41. The number of benzene rings is 2. The Labute approximate surface area is 162 Å². The van der Waals surface area contributed by atoms with Crippen LogP contribution in [0, 0.1) is 0 Å². The molecule has 8 heteroatoms. The van der Waals surface area contributed by atoms with E-state index in [1.807, 2.05) is 0 Å². The molecular formula is C20H22N2O6. The molecular weight excluding hydrogens is 364 g/mol. The van der Waals surface area contributed by atoms with E-state index in [1.54, 1.807) is 36.4 Å². The van der Waals surface area contributed by atoms with Crippen LogP contribution in [0.5, 0.6) is 11.5 Å². The molecule has 2 aromatic rings. The average Bonchev–Trinajstić information content (AvgIpc) is 2.68. The highest BCUT2D eigenvalue weighted by atomic mass is 16.6. The van der Waals surface area contributed by atoms with Crippen LogP contribution >= 0.6 is 0 Å². The second kappa shape index (κ2) is 9.40. The number of carbonyl (C=O) groups excluding carboxylic acids is 3. The van der Waals surface area contributed by atoms with Crippen molar-refractivity contribution < 1.29 is 28.6 Å². The number of rotatable bonds is 7. The quantitative estimate of drug-likeness (QED) is 0.710. The van der Waals surface area contributed by atoms with Crippen molar-refractivity contribution in [2.75, 3.05) is 24.9 Å². The molecule has 28 heavy (non-hydrogen) atoms. The van der Waals surface area contributed by atoms with Crippen molar-refractivity contribution in [3.05, 3.63) is 48.0 Å². The molecule has 0 radical (unpaired) electrons. The van der Waals surface area contributed by atoms with Gasteiger partial charge in [0.25, 0.3) is 5.91 Å². The lowest BCUT2D eigenvalue weighted by atomic mass is 10.2. The van der Waals surface area contributed by atoms with Crippen LogP contribution in [0.25, 0.3) is 0 Å². The van der Waals surface area contributed by atoms with Gasteiger partial charge in [-0.1, -0.05) is 6.07 Å². The van der Waals surface area contributed by atoms with Crippen molar-refractivity contribution in [2.24, 2.45) is 0 Å². The lowest BCUT2D eigenvalue weighted by Crippen LogP contribution is -2.30. The second-order valence-corrected chi connectivity index (χ2v) is 5.84. The molecule has 0 aromatic heterocycles. The van der Waals surface area contributed by atoms with E-state index in [0.717, 1.165) is 0 Å². The minimum absolute atomic E-state index is 0.154. The lowest BCUT2D eigenvalue weighted by Gasteiger charge is -2.16. The summed E-state index contributed by atoms with van der Waals surface area (Å²) >= 11 is 0. The number of amides is 2. The molecule has 0 saturated heterocycles. The number of hydrogen-bond acceptors (Lipinski definition) is 6. The zero-order chi connectivity index (χ0) is 20.7. The topological polar surface area (TPSA) is 103 Å². The third kappa shape index (κ3) is 5.23.